The van der Waals surface area contributed by atoms with Gasteiger partial charge in [0.2, 0.25) is 5.91 Å². The minimum atomic E-state index is -0.556. The molecule has 1 rings (SSSR count). The van der Waals surface area contributed by atoms with Crippen LogP contribution >= 0.6 is 0 Å². The maximum Gasteiger partial charge on any atom is 0.237 e. The molecule has 2 atom stereocenters. The summed E-state index contributed by atoms with van der Waals surface area (Å²) in [5, 5.41) is 3.32. The van der Waals surface area contributed by atoms with Crippen LogP contribution in [0.4, 0.5) is 0 Å². The largest absolute Gasteiger partial charge is 0.383 e. The van der Waals surface area contributed by atoms with Gasteiger partial charge in [-0.25, -0.2) is 0 Å². The van der Waals surface area contributed by atoms with Crippen molar-refractivity contribution >= 4 is 5.91 Å². The van der Waals surface area contributed by atoms with Gasteiger partial charge < -0.3 is 15.8 Å². The third kappa shape index (κ3) is 3.68. The molecule has 0 radical (unpaired) electrons. The van der Waals surface area contributed by atoms with Crippen LogP contribution < -0.4 is 11.1 Å². The zero-order valence-electron chi connectivity index (χ0n) is 11.5. The number of rotatable bonds is 5. The van der Waals surface area contributed by atoms with Crippen molar-refractivity contribution in [3.63, 3.8) is 0 Å². The van der Waals surface area contributed by atoms with Gasteiger partial charge in [0, 0.05) is 13.7 Å². The van der Waals surface area contributed by atoms with E-state index in [4.69, 9.17) is 10.5 Å². The molecule has 1 amide bonds. The van der Waals surface area contributed by atoms with Gasteiger partial charge in [0.05, 0.1) is 12.1 Å². The normalized spacial score (nSPS) is 32.4. The average Bonchev–Trinajstić information content (AvgIpc) is 2.14. The van der Waals surface area contributed by atoms with Gasteiger partial charge in [-0.15, -0.1) is 0 Å². The van der Waals surface area contributed by atoms with E-state index < -0.39 is 5.54 Å². The van der Waals surface area contributed by atoms with Crippen LogP contribution in [0.3, 0.4) is 0 Å². The van der Waals surface area contributed by atoms with E-state index >= 15 is 0 Å². The molecule has 0 aromatic rings. The first-order valence-electron chi connectivity index (χ1n) is 6.35. The summed E-state index contributed by atoms with van der Waals surface area (Å²) in [7, 11) is 1.66. The molecule has 1 fully saturated rings. The average molecular weight is 242 g/mol. The standard InChI is InChI=1S/C13H26N2O2/c1-10-7-12(2,3)9-13(8-10,11(14)16)15-5-6-17-4/h10,15H,5-9H2,1-4H3,(H2,14,16). The van der Waals surface area contributed by atoms with E-state index in [-0.39, 0.29) is 11.3 Å². The molecule has 0 aromatic heterocycles. The van der Waals surface area contributed by atoms with Crippen molar-refractivity contribution in [3.8, 4) is 0 Å². The molecule has 0 bridgehead atoms. The first kappa shape index (κ1) is 14.5. The lowest BCUT2D eigenvalue weighted by Crippen LogP contribution is -2.61. The van der Waals surface area contributed by atoms with Gasteiger partial charge in [0.1, 0.15) is 0 Å². The number of carbonyl (C=O) groups is 1. The maximum atomic E-state index is 11.8. The SMILES string of the molecule is COCCNC1(C(N)=O)CC(C)CC(C)(C)C1. The van der Waals surface area contributed by atoms with Gasteiger partial charge in [0.15, 0.2) is 0 Å². The second-order valence-corrected chi connectivity index (χ2v) is 6.22. The Morgan fingerprint density at radius 2 is 2.12 bits per heavy atom. The van der Waals surface area contributed by atoms with E-state index in [9.17, 15) is 4.79 Å². The van der Waals surface area contributed by atoms with Crippen molar-refractivity contribution in [1.82, 2.24) is 5.32 Å². The third-order valence-corrected chi connectivity index (χ3v) is 3.62. The van der Waals surface area contributed by atoms with E-state index in [0.29, 0.717) is 19.1 Å². The first-order valence-corrected chi connectivity index (χ1v) is 6.35. The van der Waals surface area contributed by atoms with Crippen LogP contribution in [0, 0.1) is 11.3 Å². The van der Waals surface area contributed by atoms with Crippen molar-refractivity contribution in [2.24, 2.45) is 17.1 Å². The van der Waals surface area contributed by atoms with E-state index in [0.717, 1.165) is 19.3 Å². The highest BCUT2D eigenvalue weighted by atomic mass is 16.5. The zero-order valence-corrected chi connectivity index (χ0v) is 11.5. The molecule has 1 aliphatic carbocycles. The second-order valence-electron chi connectivity index (χ2n) is 6.22. The topological polar surface area (TPSA) is 64.3 Å². The number of amides is 1. The lowest BCUT2D eigenvalue weighted by atomic mass is 9.64. The molecule has 2 unspecified atom stereocenters. The Balaban J connectivity index is 2.79. The molecule has 0 saturated heterocycles. The number of nitrogens with one attached hydrogen (secondary N) is 1. The van der Waals surface area contributed by atoms with Gasteiger partial charge in [-0.1, -0.05) is 20.8 Å². The quantitative estimate of drug-likeness (QED) is 0.714. The minimum absolute atomic E-state index is 0.159. The highest BCUT2D eigenvalue weighted by Gasteiger charge is 2.46. The summed E-state index contributed by atoms with van der Waals surface area (Å²) >= 11 is 0. The molecule has 4 heteroatoms. The maximum absolute atomic E-state index is 11.8. The van der Waals surface area contributed by atoms with Crippen LogP contribution in [0.1, 0.15) is 40.0 Å². The van der Waals surface area contributed by atoms with Crippen molar-refractivity contribution in [2.45, 2.75) is 45.6 Å². The summed E-state index contributed by atoms with van der Waals surface area (Å²) in [6.45, 7) is 7.87. The highest BCUT2D eigenvalue weighted by Crippen LogP contribution is 2.43. The summed E-state index contributed by atoms with van der Waals surface area (Å²) in [5.74, 6) is 0.287. The van der Waals surface area contributed by atoms with Gasteiger partial charge >= 0.3 is 0 Å². The Bertz CT molecular complexity index is 279. The number of hydrogen-bond acceptors (Lipinski definition) is 3. The molecule has 3 N–H and O–H groups in total. The summed E-state index contributed by atoms with van der Waals surface area (Å²) < 4.78 is 5.02. The van der Waals surface area contributed by atoms with Crippen molar-refractivity contribution < 1.29 is 9.53 Å². The summed E-state index contributed by atoms with van der Waals surface area (Å²) in [6, 6.07) is 0. The Hall–Kier alpha value is -0.610. The van der Waals surface area contributed by atoms with E-state index in [1.54, 1.807) is 7.11 Å². The molecule has 100 valence electrons. The van der Waals surface area contributed by atoms with Crippen LogP contribution in [0.2, 0.25) is 0 Å². The van der Waals surface area contributed by atoms with Gasteiger partial charge in [0.25, 0.3) is 0 Å². The Kier molecular flexibility index (Phi) is 4.55. The first-order chi connectivity index (χ1) is 7.81. The van der Waals surface area contributed by atoms with Crippen molar-refractivity contribution in [3.05, 3.63) is 0 Å². The number of ether oxygens (including phenoxy) is 1. The van der Waals surface area contributed by atoms with Crippen LogP contribution in [-0.2, 0) is 9.53 Å². The number of carbonyl (C=O) groups excluding carboxylic acids is 1. The molecule has 1 aliphatic rings. The van der Waals surface area contributed by atoms with Crippen LogP contribution in [0.25, 0.3) is 0 Å². The van der Waals surface area contributed by atoms with E-state index in [1.165, 1.54) is 0 Å². The van der Waals surface area contributed by atoms with Crippen molar-refractivity contribution in [2.75, 3.05) is 20.3 Å². The van der Waals surface area contributed by atoms with Crippen LogP contribution in [0.5, 0.6) is 0 Å². The molecule has 0 spiro atoms. The Morgan fingerprint density at radius 1 is 1.47 bits per heavy atom. The monoisotopic (exact) mass is 242 g/mol. The second kappa shape index (κ2) is 5.36. The smallest absolute Gasteiger partial charge is 0.237 e. The third-order valence-electron chi connectivity index (χ3n) is 3.62. The number of nitrogens with two attached hydrogens (primary N) is 1. The summed E-state index contributed by atoms with van der Waals surface area (Å²) in [5.41, 5.74) is 5.23. The Morgan fingerprint density at radius 3 is 2.59 bits per heavy atom. The van der Waals surface area contributed by atoms with Crippen molar-refractivity contribution in [1.29, 1.82) is 0 Å². The minimum Gasteiger partial charge on any atom is -0.383 e. The lowest BCUT2D eigenvalue weighted by molar-refractivity contribution is -0.128. The predicted octanol–water partition coefficient (Wildman–Crippen LogP) is 1.29. The van der Waals surface area contributed by atoms with Crippen LogP contribution in [-0.4, -0.2) is 31.7 Å². The van der Waals surface area contributed by atoms with Crippen LogP contribution in [0.15, 0.2) is 0 Å². The number of methoxy groups -OCH3 is 1. The molecule has 17 heavy (non-hydrogen) atoms. The highest BCUT2D eigenvalue weighted by molar-refractivity contribution is 5.85. The van der Waals surface area contributed by atoms with Gasteiger partial charge in [-0.2, -0.15) is 0 Å². The lowest BCUT2D eigenvalue weighted by Gasteiger charge is -2.46. The fourth-order valence-corrected chi connectivity index (χ4v) is 3.37. The molecule has 0 heterocycles. The molecule has 0 aromatic carbocycles. The molecular formula is C13H26N2O2. The molecule has 4 nitrogen and oxygen atoms in total. The molecule has 0 aliphatic heterocycles. The fraction of sp³-hybridized carbons (Fsp3) is 0.923. The molecular weight excluding hydrogens is 216 g/mol. The Labute approximate surface area is 104 Å². The predicted molar refractivity (Wildman–Crippen MR) is 68.6 cm³/mol. The fourth-order valence-electron chi connectivity index (χ4n) is 3.37. The van der Waals surface area contributed by atoms with Gasteiger partial charge in [-0.3, -0.25) is 4.79 Å². The summed E-state index contributed by atoms with van der Waals surface area (Å²) in [6.07, 6.45) is 2.78. The summed E-state index contributed by atoms with van der Waals surface area (Å²) in [4.78, 5) is 11.8. The van der Waals surface area contributed by atoms with E-state index in [2.05, 4.69) is 26.1 Å². The number of primary amides is 1. The number of hydrogen-bond donors (Lipinski definition) is 2. The zero-order chi connectivity index (χ0) is 13.1. The van der Waals surface area contributed by atoms with E-state index in [1.807, 2.05) is 0 Å². The molecule has 1 saturated carbocycles. The van der Waals surface area contributed by atoms with Gasteiger partial charge in [-0.05, 0) is 30.6 Å².